The molecule has 1 N–H and O–H groups in total. The standard InChI is InChI=1S/C18H22N2/c1-3-15-8-7-13-19-17(15)14(2)20-18(11-12-18)16-9-5-4-6-10-16/h4-10,13-14,20H,3,11-12H2,1-2H3. The predicted molar refractivity (Wildman–Crippen MR) is 82.5 cm³/mol. The molecule has 1 heterocycles. The van der Waals surface area contributed by atoms with Gasteiger partial charge in [-0.2, -0.15) is 0 Å². The SMILES string of the molecule is CCc1cccnc1C(C)NC1(c2ccccc2)CC1. The molecule has 104 valence electrons. The van der Waals surface area contributed by atoms with Crippen molar-refractivity contribution < 1.29 is 0 Å². The van der Waals surface area contributed by atoms with Crippen LogP contribution in [0.25, 0.3) is 0 Å². The van der Waals surface area contributed by atoms with Crippen molar-refractivity contribution in [1.29, 1.82) is 0 Å². The van der Waals surface area contributed by atoms with Gasteiger partial charge in [-0.05, 0) is 43.4 Å². The number of benzene rings is 1. The average molecular weight is 266 g/mol. The highest BCUT2D eigenvalue weighted by Crippen LogP contribution is 2.47. The molecule has 0 amide bonds. The Labute approximate surface area is 121 Å². The summed E-state index contributed by atoms with van der Waals surface area (Å²) >= 11 is 0. The van der Waals surface area contributed by atoms with E-state index < -0.39 is 0 Å². The highest BCUT2D eigenvalue weighted by molar-refractivity contribution is 5.31. The topological polar surface area (TPSA) is 24.9 Å². The molecular formula is C18H22N2. The number of nitrogens with zero attached hydrogens (tertiary/aromatic N) is 1. The molecule has 1 unspecified atom stereocenters. The van der Waals surface area contributed by atoms with E-state index in [4.69, 9.17) is 0 Å². The summed E-state index contributed by atoms with van der Waals surface area (Å²) in [6, 6.07) is 15.3. The third kappa shape index (κ3) is 2.48. The van der Waals surface area contributed by atoms with Gasteiger partial charge in [-0.25, -0.2) is 0 Å². The van der Waals surface area contributed by atoms with Gasteiger partial charge in [0.2, 0.25) is 0 Å². The lowest BCUT2D eigenvalue weighted by Crippen LogP contribution is -2.32. The molecule has 0 radical (unpaired) electrons. The molecule has 2 nitrogen and oxygen atoms in total. The molecule has 1 aromatic heterocycles. The molecule has 20 heavy (non-hydrogen) atoms. The van der Waals surface area contributed by atoms with Crippen LogP contribution in [0.5, 0.6) is 0 Å². The second-order valence-electron chi connectivity index (χ2n) is 5.72. The van der Waals surface area contributed by atoms with Crippen molar-refractivity contribution in [1.82, 2.24) is 10.3 Å². The van der Waals surface area contributed by atoms with E-state index in [1.807, 2.05) is 12.3 Å². The number of aromatic nitrogens is 1. The molecule has 0 aliphatic heterocycles. The Kier molecular flexibility index (Phi) is 3.58. The number of hydrogen-bond donors (Lipinski definition) is 1. The minimum absolute atomic E-state index is 0.170. The molecule has 1 atom stereocenters. The van der Waals surface area contributed by atoms with Crippen LogP contribution >= 0.6 is 0 Å². The molecule has 1 aromatic carbocycles. The van der Waals surface area contributed by atoms with Crippen molar-refractivity contribution in [2.24, 2.45) is 0 Å². The Balaban J connectivity index is 1.81. The number of hydrogen-bond acceptors (Lipinski definition) is 2. The van der Waals surface area contributed by atoms with Crippen molar-refractivity contribution in [3.63, 3.8) is 0 Å². The second-order valence-corrected chi connectivity index (χ2v) is 5.72. The summed E-state index contributed by atoms with van der Waals surface area (Å²) < 4.78 is 0. The molecular weight excluding hydrogens is 244 g/mol. The minimum Gasteiger partial charge on any atom is -0.299 e. The first-order chi connectivity index (χ1) is 9.75. The maximum Gasteiger partial charge on any atom is 0.0602 e. The van der Waals surface area contributed by atoms with Gasteiger partial charge in [-0.1, -0.05) is 43.3 Å². The van der Waals surface area contributed by atoms with E-state index in [9.17, 15) is 0 Å². The van der Waals surface area contributed by atoms with Gasteiger partial charge in [0, 0.05) is 17.8 Å². The molecule has 0 spiro atoms. The lowest BCUT2D eigenvalue weighted by Gasteiger charge is -2.24. The van der Waals surface area contributed by atoms with Gasteiger partial charge in [0.1, 0.15) is 0 Å². The third-order valence-corrected chi connectivity index (χ3v) is 4.29. The zero-order chi connectivity index (χ0) is 14.0. The van der Waals surface area contributed by atoms with Gasteiger partial charge in [0.05, 0.1) is 5.69 Å². The molecule has 2 heteroatoms. The van der Waals surface area contributed by atoms with Gasteiger partial charge in [0.25, 0.3) is 0 Å². The number of rotatable bonds is 5. The summed E-state index contributed by atoms with van der Waals surface area (Å²) in [5.74, 6) is 0. The highest BCUT2D eigenvalue weighted by Gasteiger charge is 2.45. The van der Waals surface area contributed by atoms with Crippen LogP contribution < -0.4 is 5.32 Å². The van der Waals surface area contributed by atoms with Crippen LogP contribution in [0.2, 0.25) is 0 Å². The van der Waals surface area contributed by atoms with Crippen LogP contribution in [0, 0.1) is 0 Å². The summed E-state index contributed by atoms with van der Waals surface area (Å²) in [6.45, 7) is 4.42. The summed E-state index contributed by atoms with van der Waals surface area (Å²) in [5.41, 5.74) is 4.11. The third-order valence-electron chi connectivity index (χ3n) is 4.29. The summed E-state index contributed by atoms with van der Waals surface area (Å²) in [5, 5.41) is 3.81. The number of aryl methyl sites for hydroxylation is 1. The molecule has 1 saturated carbocycles. The molecule has 1 aliphatic rings. The van der Waals surface area contributed by atoms with Crippen molar-refractivity contribution in [2.45, 2.75) is 44.7 Å². The Morgan fingerprint density at radius 3 is 2.55 bits per heavy atom. The van der Waals surface area contributed by atoms with Crippen molar-refractivity contribution in [3.8, 4) is 0 Å². The van der Waals surface area contributed by atoms with Gasteiger partial charge in [-0.15, -0.1) is 0 Å². The van der Waals surface area contributed by atoms with Crippen molar-refractivity contribution >= 4 is 0 Å². The van der Waals surface area contributed by atoms with Crippen LogP contribution in [0.15, 0.2) is 48.7 Å². The lowest BCUT2D eigenvalue weighted by atomic mass is 10.0. The molecule has 0 saturated heterocycles. The monoisotopic (exact) mass is 266 g/mol. The fourth-order valence-electron chi connectivity index (χ4n) is 3.02. The Morgan fingerprint density at radius 1 is 1.15 bits per heavy atom. The second kappa shape index (κ2) is 5.37. The van der Waals surface area contributed by atoms with E-state index in [1.54, 1.807) is 0 Å². The summed E-state index contributed by atoms with van der Waals surface area (Å²) in [6.07, 6.45) is 5.37. The first kappa shape index (κ1) is 13.3. The van der Waals surface area contributed by atoms with Gasteiger partial charge in [0.15, 0.2) is 0 Å². The van der Waals surface area contributed by atoms with E-state index in [0.29, 0.717) is 0 Å². The fourth-order valence-corrected chi connectivity index (χ4v) is 3.02. The van der Waals surface area contributed by atoms with E-state index >= 15 is 0 Å². The van der Waals surface area contributed by atoms with Crippen LogP contribution in [0.4, 0.5) is 0 Å². The maximum atomic E-state index is 4.59. The highest BCUT2D eigenvalue weighted by atomic mass is 15.1. The summed E-state index contributed by atoms with van der Waals surface area (Å²) in [4.78, 5) is 4.59. The van der Waals surface area contributed by atoms with Gasteiger partial charge in [-0.3, -0.25) is 10.3 Å². The smallest absolute Gasteiger partial charge is 0.0602 e. The first-order valence-corrected chi connectivity index (χ1v) is 7.52. The van der Waals surface area contributed by atoms with E-state index in [1.165, 1.54) is 29.7 Å². The quantitative estimate of drug-likeness (QED) is 0.885. The number of nitrogens with one attached hydrogen (secondary N) is 1. The Morgan fingerprint density at radius 2 is 1.90 bits per heavy atom. The minimum atomic E-state index is 0.170. The van der Waals surface area contributed by atoms with Crippen LogP contribution in [0.1, 0.15) is 49.6 Å². The molecule has 1 fully saturated rings. The number of pyridine rings is 1. The summed E-state index contributed by atoms with van der Waals surface area (Å²) in [7, 11) is 0. The molecule has 0 bridgehead atoms. The Bertz CT molecular complexity index is 573. The van der Waals surface area contributed by atoms with Crippen LogP contribution in [-0.4, -0.2) is 4.98 Å². The van der Waals surface area contributed by atoms with Crippen LogP contribution in [-0.2, 0) is 12.0 Å². The molecule has 2 aromatic rings. The van der Waals surface area contributed by atoms with E-state index in [0.717, 1.165) is 6.42 Å². The Hall–Kier alpha value is -1.67. The molecule has 3 rings (SSSR count). The zero-order valence-corrected chi connectivity index (χ0v) is 12.3. The maximum absolute atomic E-state index is 4.59. The van der Waals surface area contributed by atoms with Crippen molar-refractivity contribution in [2.75, 3.05) is 0 Å². The average Bonchev–Trinajstić information content (AvgIpc) is 3.29. The van der Waals surface area contributed by atoms with Gasteiger partial charge >= 0.3 is 0 Å². The van der Waals surface area contributed by atoms with Crippen molar-refractivity contribution in [3.05, 3.63) is 65.5 Å². The van der Waals surface area contributed by atoms with E-state index in [2.05, 4.69) is 60.5 Å². The normalized spacial score (nSPS) is 17.7. The fraction of sp³-hybridized carbons (Fsp3) is 0.389. The molecule has 1 aliphatic carbocycles. The lowest BCUT2D eigenvalue weighted by molar-refractivity contribution is 0.442. The first-order valence-electron chi connectivity index (χ1n) is 7.52. The van der Waals surface area contributed by atoms with Gasteiger partial charge < -0.3 is 0 Å². The zero-order valence-electron chi connectivity index (χ0n) is 12.3. The predicted octanol–water partition coefficient (Wildman–Crippen LogP) is 3.98. The largest absolute Gasteiger partial charge is 0.299 e. The van der Waals surface area contributed by atoms with E-state index in [-0.39, 0.29) is 11.6 Å². The van der Waals surface area contributed by atoms with Crippen LogP contribution in [0.3, 0.4) is 0 Å².